The number of para-hydroxylation sites is 1. The van der Waals surface area contributed by atoms with E-state index >= 15 is 0 Å². The Kier molecular flexibility index (Phi) is 6.73. The van der Waals surface area contributed by atoms with E-state index in [1.165, 1.54) is 4.90 Å². The summed E-state index contributed by atoms with van der Waals surface area (Å²) >= 11 is 0. The first-order valence-corrected chi connectivity index (χ1v) is 9.28. The summed E-state index contributed by atoms with van der Waals surface area (Å²) in [6.45, 7) is 4.75. The molecule has 0 amide bonds. The van der Waals surface area contributed by atoms with Gasteiger partial charge in [0, 0.05) is 6.07 Å². The Bertz CT molecular complexity index is 683. The predicted octanol–water partition coefficient (Wildman–Crippen LogP) is -0.337. The number of benzene rings is 1. The van der Waals surface area contributed by atoms with E-state index in [-0.39, 0.29) is 6.61 Å². The lowest BCUT2D eigenvalue weighted by Crippen LogP contribution is -3.16. The SMILES string of the molecule is COc1cccc(OC)c1OC[C@@H](O)C[NH+]1CCN(c2cccc[nH+]2)CC1. The number of anilines is 1. The van der Waals surface area contributed by atoms with Gasteiger partial charge in [0.05, 0.1) is 20.4 Å². The van der Waals surface area contributed by atoms with Crippen molar-refractivity contribution < 1.29 is 29.2 Å². The summed E-state index contributed by atoms with van der Waals surface area (Å²) in [4.78, 5) is 7.00. The number of aliphatic hydroxyl groups excluding tert-OH is 1. The minimum atomic E-state index is -0.551. The van der Waals surface area contributed by atoms with Crippen LogP contribution in [0, 0.1) is 0 Å². The van der Waals surface area contributed by atoms with Gasteiger partial charge in [-0.1, -0.05) is 12.1 Å². The summed E-state index contributed by atoms with van der Waals surface area (Å²) in [6, 6.07) is 11.6. The number of methoxy groups -OCH3 is 2. The Balaban J connectivity index is 1.47. The molecule has 3 rings (SSSR count). The van der Waals surface area contributed by atoms with Crippen molar-refractivity contribution in [3.05, 3.63) is 42.6 Å². The Morgan fingerprint density at radius 2 is 1.78 bits per heavy atom. The largest absolute Gasteiger partial charge is 0.493 e. The molecular weight excluding hydrogens is 346 g/mol. The molecule has 0 saturated carbocycles. The van der Waals surface area contributed by atoms with Crippen molar-refractivity contribution in [1.29, 1.82) is 0 Å². The lowest BCUT2D eigenvalue weighted by Gasteiger charge is -2.29. The minimum Gasteiger partial charge on any atom is -0.493 e. The molecule has 1 saturated heterocycles. The summed E-state index contributed by atoms with van der Waals surface area (Å²) < 4.78 is 16.5. The van der Waals surface area contributed by atoms with Crippen LogP contribution in [0.3, 0.4) is 0 Å². The summed E-state index contributed by atoms with van der Waals surface area (Å²) in [7, 11) is 3.18. The fraction of sp³-hybridized carbons (Fsp3) is 0.450. The third-order valence-corrected chi connectivity index (χ3v) is 4.83. The molecule has 0 aliphatic carbocycles. The fourth-order valence-electron chi connectivity index (χ4n) is 3.38. The number of aromatic amines is 1. The van der Waals surface area contributed by atoms with Crippen LogP contribution in [-0.2, 0) is 0 Å². The normalized spacial score (nSPS) is 16.0. The first-order valence-electron chi connectivity index (χ1n) is 9.28. The molecule has 1 aliphatic rings. The third kappa shape index (κ3) is 5.02. The number of hydrogen-bond acceptors (Lipinski definition) is 5. The van der Waals surface area contributed by atoms with Crippen LogP contribution in [0.25, 0.3) is 0 Å². The van der Waals surface area contributed by atoms with Gasteiger partial charge in [-0.15, -0.1) is 0 Å². The van der Waals surface area contributed by atoms with Gasteiger partial charge < -0.3 is 24.2 Å². The Morgan fingerprint density at radius 1 is 1.07 bits per heavy atom. The van der Waals surface area contributed by atoms with Crippen LogP contribution in [0.2, 0.25) is 0 Å². The molecular formula is C20H29N3O4+2. The highest BCUT2D eigenvalue weighted by Gasteiger charge is 2.27. The third-order valence-electron chi connectivity index (χ3n) is 4.83. The van der Waals surface area contributed by atoms with Crippen LogP contribution in [0.15, 0.2) is 42.6 Å². The molecule has 0 bridgehead atoms. The van der Waals surface area contributed by atoms with Gasteiger partial charge >= 0.3 is 0 Å². The quantitative estimate of drug-likeness (QED) is 0.661. The molecule has 1 aromatic heterocycles. The second kappa shape index (κ2) is 9.43. The molecule has 1 atom stereocenters. The van der Waals surface area contributed by atoms with E-state index in [1.54, 1.807) is 14.2 Å². The number of rotatable bonds is 8. The highest BCUT2D eigenvalue weighted by molar-refractivity contribution is 5.51. The number of nitrogens with one attached hydrogen (secondary N) is 2. The molecule has 146 valence electrons. The average molecular weight is 375 g/mol. The zero-order valence-corrected chi connectivity index (χ0v) is 16.0. The number of nitrogens with zero attached hydrogens (tertiary/aromatic N) is 1. The number of H-pyrrole nitrogens is 1. The average Bonchev–Trinajstić information content (AvgIpc) is 2.73. The maximum absolute atomic E-state index is 10.4. The van der Waals surface area contributed by atoms with Crippen molar-refractivity contribution in [2.45, 2.75) is 6.10 Å². The number of pyridine rings is 1. The Morgan fingerprint density at radius 3 is 2.37 bits per heavy atom. The van der Waals surface area contributed by atoms with Crippen molar-refractivity contribution in [3.63, 3.8) is 0 Å². The smallest absolute Gasteiger partial charge is 0.274 e. The monoisotopic (exact) mass is 375 g/mol. The number of quaternary nitrogens is 1. The topological polar surface area (TPSA) is 69.7 Å². The van der Waals surface area contributed by atoms with Crippen molar-refractivity contribution in [1.82, 2.24) is 0 Å². The zero-order chi connectivity index (χ0) is 19.1. The summed E-state index contributed by atoms with van der Waals surface area (Å²) in [5, 5.41) is 10.4. The molecule has 0 unspecified atom stereocenters. The van der Waals surface area contributed by atoms with E-state index in [4.69, 9.17) is 14.2 Å². The molecule has 0 radical (unpaired) electrons. The van der Waals surface area contributed by atoms with Crippen molar-refractivity contribution >= 4 is 5.82 Å². The van der Waals surface area contributed by atoms with Crippen LogP contribution in [0.4, 0.5) is 5.82 Å². The van der Waals surface area contributed by atoms with Crippen LogP contribution in [0.5, 0.6) is 17.2 Å². The van der Waals surface area contributed by atoms with Crippen molar-refractivity contribution in [3.8, 4) is 17.2 Å². The molecule has 3 N–H and O–H groups in total. The van der Waals surface area contributed by atoms with Crippen LogP contribution in [-0.4, -0.2) is 64.8 Å². The van der Waals surface area contributed by atoms with Gasteiger partial charge in [-0.2, -0.15) is 0 Å². The molecule has 2 aromatic rings. The number of aromatic nitrogens is 1. The number of ether oxygens (including phenoxy) is 3. The van der Waals surface area contributed by atoms with Gasteiger partial charge in [0.1, 0.15) is 45.4 Å². The number of hydrogen-bond donors (Lipinski definition) is 2. The maximum Gasteiger partial charge on any atom is 0.274 e. The molecule has 1 aromatic carbocycles. The second-order valence-corrected chi connectivity index (χ2v) is 6.65. The highest BCUT2D eigenvalue weighted by atomic mass is 16.5. The van der Waals surface area contributed by atoms with Gasteiger partial charge in [-0.05, 0) is 18.2 Å². The first kappa shape index (κ1) is 19.3. The molecule has 27 heavy (non-hydrogen) atoms. The van der Waals surface area contributed by atoms with Crippen molar-refractivity contribution in [2.75, 3.05) is 58.5 Å². The maximum atomic E-state index is 10.4. The molecule has 2 heterocycles. The summed E-state index contributed by atoms with van der Waals surface area (Å²) in [6.07, 6.45) is 1.39. The molecule has 1 aliphatic heterocycles. The molecule has 1 fully saturated rings. The molecule has 7 heteroatoms. The molecule has 0 spiro atoms. The highest BCUT2D eigenvalue weighted by Crippen LogP contribution is 2.36. The van der Waals surface area contributed by atoms with E-state index in [0.29, 0.717) is 23.8 Å². The van der Waals surface area contributed by atoms with Gasteiger partial charge in [0.2, 0.25) is 5.75 Å². The van der Waals surface area contributed by atoms with Crippen molar-refractivity contribution in [2.24, 2.45) is 0 Å². The summed E-state index contributed by atoms with van der Waals surface area (Å²) in [5.41, 5.74) is 0. The lowest BCUT2D eigenvalue weighted by molar-refractivity contribution is -0.903. The number of aliphatic hydroxyl groups is 1. The van der Waals surface area contributed by atoms with E-state index < -0.39 is 6.10 Å². The van der Waals surface area contributed by atoms with Gasteiger partial charge in [-0.25, -0.2) is 4.98 Å². The van der Waals surface area contributed by atoms with Crippen LogP contribution < -0.4 is 29.0 Å². The molecule has 7 nitrogen and oxygen atoms in total. The van der Waals surface area contributed by atoms with E-state index in [9.17, 15) is 5.11 Å². The van der Waals surface area contributed by atoms with E-state index in [0.717, 1.165) is 32.0 Å². The van der Waals surface area contributed by atoms with Gasteiger partial charge in [0.15, 0.2) is 11.5 Å². The number of piperazine rings is 1. The van der Waals surface area contributed by atoms with Crippen LogP contribution in [0.1, 0.15) is 0 Å². The van der Waals surface area contributed by atoms with E-state index in [1.807, 2.05) is 36.5 Å². The second-order valence-electron chi connectivity index (χ2n) is 6.65. The van der Waals surface area contributed by atoms with E-state index in [2.05, 4.69) is 16.0 Å². The van der Waals surface area contributed by atoms with Gasteiger partial charge in [-0.3, -0.25) is 4.90 Å². The standard InChI is InChI=1S/C20H27N3O4/c1-25-17-6-5-7-18(26-2)20(17)27-15-16(24)14-22-10-12-23(13-11-22)19-8-3-4-9-21-19/h3-9,16,24H,10-15H2,1-2H3/p+2/t16-/m0/s1. The van der Waals surface area contributed by atoms with Gasteiger partial charge in [0.25, 0.3) is 5.82 Å². The van der Waals surface area contributed by atoms with Crippen LogP contribution >= 0.6 is 0 Å². The Labute approximate surface area is 160 Å². The first-order chi connectivity index (χ1) is 13.2. The zero-order valence-electron chi connectivity index (χ0n) is 16.0. The summed E-state index contributed by atoms with van der Waals surface area (Å²) in [5.74, 6) is 2.87. The lowest BCUT2D eigenvalue weighted by atomic mass is 10.2. The minimum absolute atomic E-state index is 0.205. The fourth-order valence-corrected chi connectivity index (χ4v) is 3.38. The Hall–Kier alpha value is -2.51. The predicted molar refractivity (Wildman–Crippen MR) is 102 cm³/mol.